The number of nitro groups is 1. The number of hydrogen-bond donors (Lipinski definition) is 1. The maximum absolute atomic E-state index is 11.8. The molecule has 9 nitrogen and oxygen atoms in total. The van der Waals surface area contributed by atoms with E-state index in [4.69, 9.17) is 28.3 Å². The van der Waals surface area contributed by atoms with Crippen LogP contribution in [0, 0.1) is 16.0 Å². The van der Waals surface area contributed by atoms with Crippen LogP contribution in [0.5, 0.6) is 0 Å². The van der Waals surface area contributed by atoms with E-state index in [0.29, 0.717) is 6.29 Å². The Labute approximate surface area is 164 Å². The van der Waals surface area contributed by atoms with Crippen molar-refractivity contribution in [2.45, 2.75) is 12.8 Å². The van der Waals surface area contributed by atoms with Crippen molar-refractivity contribution in [2.24, 2.45) is 5.92 Å². The maximum atomic E-state index is 11.8. The van der Waals surface area contributed by atoms with Crippen LogP contribution in [0.25, 0.3) is 0 Å². The molecule has 1 rings (SSSR count). The van der Waals surface area contributed by atoms with Crippen LogP contribution in [0.1, 0.15) is 23.2 Å². The fourth-order valence-electron chi connectivity index (χ4n) is 1.68. The van der Waals surface area contributed by atoms with Crippen LogP contribution in [-0.4, -0.2) is 52.4 Å². The predicted octanol–water partition coefficient (Wildman–Crippen LogP) is 2.46. The van der Waals surface area contributed by atoms with Gasteiger partial charge in [-0.15, -0.1) is 23.2 Å². The summed E-state index contributed by atoms with van der Waals surface area (Å²) in [6.45, 7) is 0.134. The van der Waals surface area contributed by atoms with Crippen molar-refractivity contribution in [1.82, 2.24) is 0 Å². The molecule has 148 valence electrons. The summed E-state index contributed by atoms with van der Waals surface area (Å²) in [5.74, 6) is -3.66. The monoisotopic (exact) mass is 421 g/mol. The van der Waals surface area contributed by atoms with Crippen molar-refractivity contribution in [3.8, 4) is 0 Å². The van der Waals surface area contributed by atoms with Gasteiger partial charge in [0.15, 0.2) is 5.78 Å². The van der Waals surface area contributed by atoms with E-state index < -0.39 is 28.6 Å². The molecule has 1 unspecified atom stereocenters. The lowest BCUT2D eigenvalue weighted by molar-refractivity contribution is -0.384. The highest BCUT2D eigenvalue weighted by Crippen LogP contribution is 2.17. The third-order valence-corrected chi connectivity index (χ3v) is 3.42. The van der Waals surface area contributed by atoms with Crippen LogP contribution >= 0.6 is 23.2 Å². The molecule has 1 aromatic carbocycles. The zero-order chi connectivity index (χ0) is 20.8. The Morgan fingerprint density at radius 3 is 2.22 bits per heavy atom. The minimum absolute atomic E-state index is 0.0205. The van der Waals surface area contributed by atoms with E-state index in [9.17, 15) is 29.3 Å². The van der Waals surface area contributed by atoms with Gasteiger partial charge in [-0.05, 0) is 18.6 Å². The Morgan fingerprint density at radius 1 is 1.22 bits per heavy atom. The quantitative estimate of drug-likeness (QED) is 0.0886. The SMILES string of the molecule is O=C(O)C(CCCl)C(=O)c1ccc([N+](=O)[O-])cc1.O=CCCOC(=O)CCl. The molecule has 0 saturated heterocycles. The molecule has 0 spiro atoms. The zero-order valence-corrected chi connectivity index (χ0v) is 15.5. The lowest BCUT2D eigenvalue weighted by Crippen LogP contribution is -2.24. The molecule has 0 saturated carbocycles. The number of esters is 1. The summed E-state index contributed by atoms with van der Waals surface area (Å²) >= 11 is 10.5. The number of carboxylic acids is 1. The summed E-state index contributed by atoms with van der Waals surface area (Å²) in [5.41, 5.74) is -0.0334. The number of alkyl halides is 2. The van der Waals surface area contributed by atoms with Crippen molar-refractivity contribution in [1.29, 1.82) is 0 Å². The number of aldehydes is 1. The summed E-state index contributed by atoms with van der Waals surface area (Å²) in [5, 5.41) is 19.3. The summed E-state index contributed by atoms with van der Waals surface area (Å²) in [4.78, 5) is 52.4. The lowest BCUT2D eigenvalue weighted by Gasteiger charge is -2.09. The number of carbonyl (C=O) groups excluding carboxylic acids is 3. The van der Waals surface area contributed by atoms with Gasteiger partial charge in [0.25, 0.3) is 5.69 Å². The molecule has 0 bridgehead atoms. The summed E-state index contributed by atoms with van der Waals surface area (Å²) in [6.07, 6.45) is 0.941. The average molecular weight is 422 g/mol. The van der Waals surface area contributed by atoms with Crippen LogP contribution in [0.4, 0.5) is 5.69 Å². The number of hydrogen-bond acceptors (Lipinski definition) is 7. The number of carboxylic acid groups (broad SMARTS) is 1. The number of Topliss-reactive ketones (excluding diaryl/α,β-unsaturated/α-hetero) is 1. The first-order chi connectivity index (χ1) is 12.8. The van der Waals surface area contributed by atoms with Gasteiger partial charge in [0.1, 0.15) is 18.1 Å². The van der Waals surface area contributed by atoms with Crippen molar-refractivity contribution in [2.75, 3.05) is 18.4 Å². The largest absolute Gasteiger partial charge is 0.481 e. The highest BCUT2D eigenvalue weighted by atomic mass is 35.5. The number of nitro benzene ring substituents is 1. The number of aliphatic carboxylic acids is 1. The molecule has 0 aromatic heterocycles. The standard InChI is InChI=1S/C11H10ClNO5.C5H7ClO3/c12-6-5-9(11(15)16)10(14)7-1-3-8(4-2-7)13(17)18;6-4-5(8)9-3-1-2-7/h1-4,9H,5-6H2,(H,15,16);2H,1,3-4H2. The molecule has 0 fully saturated rings. The van der Waals surface area contributed by atoms with Gasteiger partial charge in [0.05, 0.1) is 11.5 Å². The number of rotatable bonds is 10. The van der Waals surface area contributed by atoms with E-state index >= 15 is 0 Å². The van der Waals surface area contributed by atoms with Crippen molar-refractivity contribution in [3.05, 3.63) is 39.9 Å². The molecule has 0 amide bonds. The number of nitrogens with zero attached hydrogens (tertiary/aromatic N) is 1. The molecule has 0 aliphatic carbocycles. The van der Waals surface area contributed by atoms with E-state index in [2.05, 4.69) is 4.74 Å². The average Bonchev–Trinajstić information content (AvgIpc) is 2.66. The van der Waals surface area contributed by atoms with Crippen LogP contribution < -0.4 is 0 Å². The van der Waals surface area contributed by atoms with Crippen LogP contribution in [0.2, 0.25) is 0 Å². The fourth-order valence-corrected chi connectivity index (χ4v) is 1.98. The maximum Gasteiger partial charge on any atom is 0.320 e. The third-order valence-electron chi connectivity index (χ3n) is 2.98. The Bertz CT molecular complexity index is 663. The van der Waals surface area contributed by atoms with Crippen molar-refractivity contribution in [3.63, 3.8) is 0 Å². The van der Waals surface area contributed by atoms with Gasteiger partial charge in [-0.2, -0.15) is 0 Å². The van der Waals surface area contributed by atoms with Crippen LogP contribution in [0.3, 0.4) is 0 Å². The molecule has 0 aliphatic heterocycles. The van der Waals surface area contributed by atoms with Gasteiger partial charge in [0.2, 0.25) is 0 Å². The minimum atomic E-state index is -1.25. The lowest BCUT2D eigenvalue weighted by atomic mass is 9.95. The number of carbonyl (C=O) groups is 4. The molecule has 0 radical (unpaired) electrons. The number of benzene rings is 1. The number of ether oxygens (including phenoxy) is 1. The van der Waals surface area contributed by atoms with E-state index in [0.717, 1.165) is 12.1 Å². The van der Waals surface area contributed by atoms with Gasteiger partial charge < -0.3 is 14.6 Å². The molecule has 0 heterocycles. The van der Waals surface area contributed by atoms with Crippen LogP contribution in [-0.2, 0) is 19.1 Å². The number of halogens is 2. The van der Waals surface area contributed by atoms with E-state index in [1.165, 1.54) is 12.1 Å². The Kier molecular flexibility index (Phi) is 12.4. The molecule has 1 aromatic rings. The van der Waals surface area contributed by atoms with Gasteiger partial charge in [-0.1, -0.05) is 0 Å². The predicted molar refractivity (Wildman–Crippen MR) is 96.2 cm³/mol. The smallest absolute Gasteiger partial charge is 0.320 e. The van der Waals surface area contributed by atoms with Gasteiger partial charge in [-0.3, -0.25) is 24.5 Å². The normalized spacial score (nSPS) is 10.7. The highest BCUT2D eigenvalue weighted by Gasteiger charge is 2.26. The topological polar surface area (TPSA) is 141 Å². The van der Waals surface area contributed by atoms with E-state index in [1.807, 2.05) is 0 Å². The van der Waals surface area contributed by atoms with Crippen molar-refractivity contribution >= 4 is 52.9 Å². The molecule has 0 aliphatic rings. The first-order valence-electron chi connectivity index (χ1n) is 7.51. The van der Waals surface area contributed by atoms with E-state index in [-0.39, 0.29) is 42.5 Å². The second-order valence-electron chi connectivity index (χ2n) is 4.85. The Morgan fingerprint density at radius 2 is 1.81 bits per heavy atom. The minimum Gasteiger partial charge on any atom is -0.481 e. The Hall–Kier alpha value is -2.52. The summed E-state index contributed by atoms with van der Waals surface area (Å²) in [7, 11) is 0. The highest BCUT2D eigenvalue weighted by molar-refractivity contribution is 6.26. The van der Waals surface area contributed by atoms with Crippen LogP contribution in [0.15, 0.2) is 24.3 Å². The van der Waals surface area contributed by atoms with Gasteiger partial charge in [-0.25, -0.2) is 0 Å². The molecule has 1 N–H and O–H groups in total. The first kappa shape index (κ1) is 24.5. The fraction of sp³-hybridized carbons (Fsp3) is 0.375. The summed E-state index contributed by atoms with van der Waals surface area (Å²) in [6, 6.07) is 4.80. The first-order valence-corrected chi connectivity index (χ1v) is 8.58. The number of non-ortho nitro benzene ring substituents is 1. The molecular formula is C16H17Cl2NO8. The molecule has 11 heteroatoms. The summed E-state index contributed by atoms with van der Waals surface area (Å²) < 4.78 is 4.43. The number of ketones is 1. The zero-order valence-electron chi connectivity index (χ0n) is 14.0. The van der Waals surface area contributed by atoms with E-state index in [1.54, 1.807) is 0 Å². The van der Waals surface area contributed by atoms with Crippen molar-refractivity contribution < 1.29 is 33.9 Å². The van der Waals surface area contributed by atoms with Gasteiger partial charge >= 0.3 is 11.9 Å². The third kappa shape index (κ3) is 9.66. The van der Waals surface area contributed by atoms with Gasteiger partial charge in [0, 0.05) is 30.0 Å². The molecule has 27 heavy (non-hydrogen) atoms. The Balaban J connectivity index is 0.000000636. The molecule has 1 atom stereocenters. The second-order valence-corrected chi connectivity index (χ2v) is 5.49. The molecular weight excluding hydrogens is 405 g/mol. The second kappa shape index (κ2) is 13.7.